The van der Waals surface area contributed by atoms with Gasteiger partial charge in [0, 0.05) is 13.1 Å². The smallest absolute Gasteiger partial charge is 0.229 e. The number of nitrogens with one attached hydrogen (secondary N) is 4. The minimum Gasteiger partial charge on any atom is -0.506 e. The van der Waals surface area contributed by atoms with Crippen LogP contribution in [-0.2, 0) is 20.0 Å². The van der Waals surface area contributed by atoms with Crippen molar-refractivity contribution in [3.63, 3.8) is 0 Å². The molecule has 2 unspecified atom stereocenters. The van der Waals surface area contributed by atoms with Gasteiger partial charge in [-0.15, -0.1) is 24.8 Å². The minimum absolute atomic E-state index is 0. The van der Waals surface area contributed by atoms with Crippen LogP contribution in [0.2, 0.25) is 0 Å². The van der Waals surface area contributed by atoms with Gasteiger partial charge >= 0.3 is 0 Å². The lowest BCUT2D eigenvalue weighted by Crippen LogP contribution is -2.23. The highest BCUT2D eigenvalue weighted by Gasteiger charge is 2.14. The molecular weight excluding hydrogens is 607 g/mol. The number of benzene rings is 2. The first-order valence-electron chi connectivity index (χ1n) is 12.1. The molecule has 0 spiro atoms. The third-order valence-electron chi connectivity index (χ3n) is 5.53. The zero-order chi connectivity index (χ0) is 28.3. The quantitative estimate of drug-likeness (QED) is 0.0931. The van der Waals surface area contributed by atoms with E-state index in [2.05, 4.69) is 20.1 Å². The van der Waals surface area contributed by atoms with Crippen LogP contribution in [0.15, 0.2) is 36.4 Å². The summed E-state index contributed by atoms with van der Waals surface area (Å²) in [6, 6.07) is 8.53. The van der Waals surface area contributed by atoms with E-state index in [0.717, 1.165) is 38.2 Å². The summed E-state index contributed by atoms with van der Waals surface area (Å²) >= 11 is 0. The Morgan fingerprint density at radius 1 is 0.650 bits per heavy atom. The van der Waals surface area contributed by atoms with E-state index < -0.39 is 32.3 Å². The molecule has 0 saturated heterocycles. The molecule has 0 aliphatic heterocycles. The van der Waals surface area contributed by atoms with Crippen molar-refractivity contribution in [1.29, 1.82) is 0 Å². The van der Waals surface area contributed by atoms with E-state index >= 15 is 0 Å². The Balaban J connectivity index is 0.00000760. The van der Waals surface area contributed by atoms with Gasteiger partial charge in [-0.1, -0.05) is 25.0 Å². The highest BCUT2D eigenvalue weighted by atomic mass is 35.5. The van der Waals surface area contributed by atoms with Crippen molar-refractivity contribution in [3.05, 3.63) is 47.5 Å². The number of anilines is 2. The van der Waals surface area contributed by atoms with E-state index in [9.17, 15) is 37.3 Å². The van der Waals surface area contributed by atoms with E-state index in [0.29, 0.717) is 24.2 Å². The molecule has 0 aromatic heterocycles. The molecule has 0 radical (unpaired) electrons. The van der Waals surface area contributed by atoms with Gasteiger partial charge in [0.1, 0.15) is 11.5 Å². The van der Waals surface area contributed by atoms with E-state index in [1.165, 1.54) is 36.4 Å². The fourth-order valence-electron chi connectivity index (χ4n) is 3.65. The number of hydrogen-bond acceptors (Lipinski definition) is 10. The average Bonchev–Trinajstić information content (AvgIpc) is 2.81. The summed E-state index contributed by atoms with van der Waals surface area (Å²) in [5, 5.41) is 46.6. The Hall–Kier alpha value is -2.04. The van der Waals surface area contributed by atoms with Crippen LogP contribution in [0.4, 0.5) is 11.4 Å². The Kier molecular flexibility index (Phi) is 16.8. The van der Waals surface area contributed by atoms with E-state index in [4.69, 9.17) is 0 Å². The van der Waals surface area contributed by atoms with Gasteiger partial charge in [0.25, 0.3) is 0 Å². The first-order valence-corrected chi connectivity index (χ1v) is 15.9. The van der Waals surface area contributed by atoms with Crippen LogP contribution in [0, 0.1) is 0 Å². The van der Waals surface area contributed by atoms with Crippen molar-refractivity contribution in [2.75, 3.05) is 48.1 Å². The Morgan fingerprint density at radius 3 is 1.32 bits per heavy atom. The van der Waals surface area contributed by atoms with Crippen LogP contribution < -0.4 is 20.1 Å². The molecule has 0 amide bonds. The number of aromatic hydroxyl groups is 2. The molecule has 2 atom stereocenters. The summed E-state index contributed by atoms with van der Waals surface area (Å²) in [5.41, 5.74) is 0.985. The number of halogens is 2. The van der Waals surface area contributed by atoms with Gasteiger partial charge in [0.05, 0.1) is 36.1 Å². The van der Waals surface area contributed by atoms with E-state index in [-0.39, 0.29) is 60.8 Å². The van der Waals surface area contributed by atoms with Crippen LogP contribution in [-0.4, -0.2) is 76.0 Å². The van der Waals surface area contributed by atoms with Crippen molar-refractivity contribution >= 4 is 56.2 Å². The third-order valence-corrected chi connectivity index (χ3v) is 6.72. The maximum absolute atomic E-state index is 11.4. The average molecular weight is 648 g/mol. The summed E-state index contributed by atoms with van der Waals surface area (Å²) in [6.07, 6.45) is 3.96. The summed E-state index contributed by atoms with van der Waals surface area (Å²) in [4.78, 5) is 0. The van der Waals surface area contributed by atoms with E-state index in [1.54, 1.807) is 0 Å². The number of sulfonamides is 2. The lowest BCUT2D eigenvalue weighted by Gasteiger charge is -2.15. The van der Waals surface area contributed by atoms with Crippen molar-refractivity contribution < 1.29 is 37.3 Å². The van der Waals surface area contributed by atoms with Gasteiger partial charge in [-0.2, -0.15) is 0 Å². The molecule has 0 saturated carbocycles. The van der Waals surface area contributed by atoms with Crippen LogP contribution in [0.5, 0.6) is 11.5 Å². The molecule has 40 heavy (non-hydrogen) atoms. The van der Waals surface area contributed by atoms with Crippen molar-refractivity contribution in [2.24, 2.45) is 0 Å². The summed E-state index contributed by atoms with van der Waals surface area (Å²) in [5.74, 6) is -0.445. The Bertz CT molecular complexity index is 1170. The molecular formula is C24H40Cl2N4O8S2. The third kappa shape index (κ3) is 14.6. The maximum Gasteiger partial charge on any atom is 0.229 e. The molecule has 0 heterocycles. The normalized spacial score (nSPS) is 13.0. The number of aliphatic hydroxyl groups is 2. The molecule has 2 aromatic rings. The molecule has 0 aliphatic carbocycles. The fourth-order valence-corrected chi connectivity index (χ4v) is 4.78. The van der Waals surface area contributed by atoms with Gasteiger partial charge in [-0.05, 0) is 61.3 Å². The van der Waals surface area contributed by atoms with Gasteiger partial charge in [-0.3, -0.25) is 9.44 Å². The van der Waals surface area contributed by atoms with Gasteiger partial charge in [-0.25, -0.2) is 16.8 Å². The number of rotatable bonds is 17. The predicted molar refractivity (Wildman–Crippen MR) is 162 cm³/mol. The molecule has 2 rings (SSSR count). The second-order valence-electron chi connectivity index (χ2n) is 9.16. The van der Waals surface area contributed by atoms with Gasteiger partial charge in [0.2, 0.25) is 20.0 Å². The largest absolute Gasteiger partial charge is 0.506 e. The Labute approximate surface area is 248 Å². The molecule has 2 aromatic carbocycles. The SMILES string of the molecule is CS(=O)(=O)Nc1cc(C(O)CNCCCCCCNCC(O)c2ccc(O)c(NS(C)(=O)=O)c2)ccc1O.Cl.Cl. The molecule has 0 fully saturated rings. The number of unbranched alkanes of at least 4 members (excludes halogenated alkanes) is 3. The second kappa shape index (κ2) is 17.7. The maximum atomic E-state index is 11.4. The van der Waals surface area contributed by atoms with Crippen molar-refractivity contribution in [2.45, 2.75) is 37.9 Å². The van der Waals surface area contributed by atoms with Crippen LogP contribution >= 0.6 is 24.8 Å². The summed E-state index contributed by atoms with van der Waals surface area (Å²) < 4.78 is 50.0. The highest BCUT2D eigenvalue weighted by Crippen LogP contribution is 2.28. The molecule has 12 nitrogen and oxygen atoms in total. The topological polar surface area (TPSA) is 197 Å². The zero-order valence-electron chi connectivity index (χ0n) is 22.3. The van der Waals surface area contributed by atoms with Crippen molar-refractivity contribution in [3.8, 4) is 11.5 Å². The standard InChI is InChI=1S/C24H38N4O8S2.2ClH/c1-37(33,34)27-19-13-17(7-9-21(19)29)23(31)15-25-11-5-3-4-6-12-26-16-24(32)18-8-10-22(30)20(14-18)28-38(2,35)36;;/h7-10,13-14,23-32H,3-6,11-12,15-16H2,1-2H3;2*1H. The molecule has 230 valence electrons. The lowest BCUT2D eigenvalue weighted by atomic mass is 10.1. The number of hydrogen-bond donors (Lipinski definition) is 8. The monoisotopic (exact) mass is 646 g/mol. The second-order valence-corrected chi connectivity index (χ2v) is 12.7. The minimum atomic E-state index is -3.56. The zero-order valence-corrected chi connectivity index (χ0v) is 25.6. The van der Waals surface area contributed by atoms with Crippen LogP contribution in [0.25, 0.3) is 0 Å². The molecule has 0 bridgehead atoms. The van der Waals surface area contributed by atoms with Gasteiger partial charge < -0.3 is 31.1 Å². The summed E-state index contributed by atoms with van der Waals surface area (Å²) in [6.45, 7) is 1.95. The molecule has 0 aliphatic rings. The van der Waals surface area contributed by atoms with Crippen LogP contribution in [0.3, 0.4) is 0 Å². The molecule has 8 N–H and O–H groups in total. The van der Waals surface area contributed by atoms with Gasteiger partial charge in [0.15, 0.2) is 0 Å². The van der Waals surface area contributed by atoms with Crippen molar-refractivity contribution in [1.82, 2.24) is 10.6 Å². The molecule has 16 heteroatoms. The first-order chi connectivity index (χ1) is 17.7. The van der Waals surface area contributed by atoms with Crippen LogP contribution in [0.1, 0.15) is 49.0 Å². The fraction of sp³-hybridized carbons (Fsp3) is 0.500. The van der Waals surface area contributed by atoms with E-state index in [1.807, 2.05) is 0 Å². The number of aliphatic hydroxyl groups excluding tert-OH is 2. The first kappa shape index (κ1) is 38.0. The lowest BCUT2D eigenvalue weighted by molar-refractivity contribution is 0.174. The number of phenolic OH excluding ortho intramolecular Hbond substituents is 2. The predicted octanol–water partition coefficient (Wildman–Crippen LogP) is 2.19. The highest BCUT2D eigenvalue weighted by molar-refractivity contribution is 7.92. The Morgan fingerprint density at radius 2 is 1.00 bits per heavy atom. The summed E-state index contributed by atoms with van der Waals surface area (Å²) in [7, 11) is -7.11. The number of phenols is 2.